The van der Waals surface area contributed by atoms with Crippen molar-refractivity contribution in [1.29, 1.82) is 0 Å². The van der Waals surface area contributed by atoms with Crippen molar-refractivity contribution >= 4 is 0 Å². The molecule has 0 aromatic heterocycles. The van der Waals surface area contributed by atoms with E-state index in [0.29, 0.717) is 12.4 Å². The Morgan fingerprint density at radius 3 is 2.34 bits per heavy atom. The van der Waals surface area contributed by atoms with Gasteiger partial charge in [0.15, 0.2) is 11.6 Å². The van der Waals surface area contributed by atoms with E-state index < -0.39 is 0 Å². The van der Waals surface area contributed by atoms with Gasteiger partial charge < -0.3 is 4.74 Å². The Labute approximate surface area is 197 Å². The zero-order chi connectivity index (χ0) is 22.6. The number of benzene rings is 1. The molecule has 0 N–H and O–H groups in total. The summed E-state index contributed by atoms with van der Waals surface area (Å²) in [7, 11) is 0. The molecule has 0 aliphatic heterocycles. The van der Waals surface area contributed by atoms with Crippen LogP contribution < -0.4 is 4.74 Å². The Morgan fingerprint density at radius 2 is 1.66 bits per heavy atom. The summed E-state index contributed by atoms with van der Waals surface area (Å²) in [5.41, 5.74) is 2.67. The highest BCUT2D eigenvalue weighted by molar-refractivity contribution is 5.30. The lowest BCUT2D eigenvalue weighted by Crippen LogP contribution is -2.15. The van der Waals surface area contributed by atoms with Crippen molar-refractivity contribution < 1.29 is 9.13 Å². The standard InChI is InChI=1S/C30H47FO/c1-3-5-6-7-22-32-30-21-20-28(23-29(30)31)19-18-27-16-14-26(15-17-27)13-12-25-10-8-24(4-2)9-11-25/h16,20-21,23-26H,3-15,17-19,22H2,1-2H3. The number of hydrogen-bond donors (Lipinski definition) is 0. The van der Waals surface area contributed by atoms with Crippen LogP contribution in [-0.4, -0.2) is 6.61 Å². The molecule has 180 valence electrons. The molecular formula is C30H47FO. The molecule has 3 rings (SSSR count). The van der Waals surface area contributed by atoms with E-state index in [9.17, 15) is 4.39 Å². The molecule has 0 amide bonds. The molecule has 0 bridgehead atoms. The SMILES string of the molecule is CCCCCCOc1ccc(CCC2=CCC(CCC3CCC(CC)CC3)CC2)cc1F. The topological polar surface area (TPSA) is 9.23 Å². The molecule has 1 nitrogen and oxygen atoms in total. The Morgan fingerprint density at radius 1 is 0.875 bits per heavy atom. The molecule has 1 aromatic carbocycles. The van der Waals surface area contributed by atoms with Gasteiger partial charge in [-0.05, 0) is 80.4 Å². The highest BCUT2D eigenvalue weighted by Crippen LogP contribution is 2.36. The molecule has 2 aliphatic carbocycles. The van der Waals surface area contributed by atoms with E-state index in [1.165, 1.54) is 77.0 Å². The van der Waals surface area contributed by atoms with Gasteiger partial charge in [0.05, 0.1) is 6.61 Å². The molecule has 0 heterocycles. The average molecular weight is 443 g/mol. The first-order valence-electron chi connectivity index (χ1n) is 13.8. The van der Waals surface area contributed by atoms with Crippen LogP contribution in [0.2, 0.25) is 0 Å². The predicted molar refractivity (Wildman–Crippen MR) is 135 cm³/mol. The van der Waals surface area contributed by atoms with E-state index in [1.54, 1.807) is 11.6 Å². The van der Waals surface area contributed by atoms with Gasteiger partial charge in [-0.1, -0.05) is 89.4 Å². The van der Waals surface area contributed by atoms with Crippen LogP contribution in [0.1, 0.15) is 116 Å². The Balaban J connectivity index is 1.33. The monoisotopic (exact) mass is 442 g/mol. The Kier molecular flexibility index (Phi) is 11.1. The highest BCUT2D eigenvalue weighted by Gasteiger charge is 2.22. The van der Waals surface area contributed by atoms with Crippen LogP contribution in [0, 0.1) is 23.6 Å². The molecule has 1 fully saturated rings. The molecule has 1 saturated carbocycles. The number of aryl methyl sites for hydroxylation is 1. The van der Waals surface area contributed by atoms with Crippen molar-refractivity contribution in [2.24, 2.45) is 17.8 Å². The van der Waals surface area contributed by atoms with Crippen molar-refractivity contribution in [2.45, 2.75) is 117 Å². The first-order valence-corrected chi connectivity index (χ1v) is 13.8. The van der Waals surface area contributed by atoms with E-state index >= 15 is 0 Å². The maximum Gasteiger partial charge on any atom is 0.165 e. The summed E-state index contributed by atoms with van der Waals surface area (Å²) in [6, 6.07) is 5.55. The number of ether oxygens (including phenoxy) is 1. The zero-order valence-electron chi connectivity index (χ0n) is 20.8. The van der Waals surface area contributed by atoms with E-state index in [1.807, 2.05) is 12.1 Å². The van der Waals surface area contributed by atoms with Crippen LogP contribution in [0.4, 0.5) is 4.39 Å². The first kappa shape index (κ1) is 25.3. The first-order chi connectivity index (χ1) is 15.7. The smallest absolute Gasteiger partial charge is 0.165 e. The van der Waals surface area contributed by atoms with E-state index in [2.05, 4.69) is 19.9 Å². The summed E-state index contributed by atoms with van der Waals surface area (Å²) in [5, 5.41) is 0. The molecule has 1 aromatic rings. The van der Waals surface area contributed by atoms with E-state index in [4.69, 9.17) is 4.74 Å². The van der Waals surface area contributed by atoms with Crippen LogP contribution >= 0.6 is 0 Å². The molecule has 0 saturated heterocycles. The van der Waals surface area contributed by atoms with Gasteiger partial charge in [-0.15, -0.1) is 0 Å². The van der Waals surface area contributed by atoms with Crippen LogP contribution in [0.25, 0.3) is 0 Å². The second-order valence-electron chi connectivity index (χ2n) is 10.5. The van der Waals surface area contributed by atoms with Crippen LogP contribution in [0.15, 0.2) is 29.8 Å². The molecule has 0 spiro atoms. The van der Waals surface area contributed by atoms with Crippen LogP contribution in [0.5, 0.6) is 5.75 Å². The normalized spacial score (nSPS) is 23.7. The molecule has 2 heteroatoms. The Bertz CT molecular complexity index is 686. The van der Waals surface area contributed by atoms with Gasteiger partial charge >= 0.3 is 0 Å². The molecule has 2 aliphatic rings. The zero-order valence-corrected chi connectivity index (χ0v) is 20.8. The second kappa shape index (κ2) is 14.1. The number of halogens is 1. The van der Waals surface area contributed by atoms with Crippen LogP contribution in [-0.2, 0) is 6.42 Å². The number of unbranched alkanes of at least 4 members (excludes halogenated alkanes) is 3. The summed E-state index contributed by atoms with van der Waals surface area (Å²) in [5.74, 6) is 3.12. The fourth-order valence-electron chi connectivity index (χ4n) is 5.66. The maximum absolute atomic E-state index is 14.4. The van der Waals surface area contributed by atoms with E-state index in [0.717, 1.165) is 49.0 Å². The quantitative estimate of drug-likeness (QED) is 0.218. The summed E-state index contributed by atoms with van der Waals surface area (Å²) in [4.78, 5) is 0. The van der Waals surface area contributed by atoms with Crippen molar-refractivity contribution in [1.82, 2.24) is 0 Å². The lowest BCUT2D eigenvalue weighted by molar-refractivity contribution is 0.241. The van der Waals surface area contributed by atoms with Gasteiger partial charge in [0.2, 0.25) is 0 Å². The summed E-state index contributed by atoms with van der Waals surface area (Å²) >= 11 is 0. The third kappa shape index (κ3) is 8.56. The van der Waals surface area contributed by atoms with Crippen LogP contribution in [0.3, 0.4) is 0 Å². The summed E-state index contributed by atoms with van der Waals surface area (Å²) in [6.07, 6.45) is 23.1. The fraction of sp³-hybridized carbons (Fsp3) is 0.733. The van der Waals surface area contributed by atoms with Crippen molar-refractivity contribution in [3.05, 3.63) is 41.2 Å². The van der Waals surface area contributed by atoms with Crippen molar-refractivity contribution in [3.8, 4) is 5.75 Å². The van der Waals surface area contributed by atoms with Crippen molar-refractivity contribution in [3.63, 3.8) is 0 Å². The van der Waals surface area contributed by atoms with Gasteiger partial charge in [-0.3, -0.25) is 0 Å². The third-order valence-electron chi connectivity index (χ3n) is 8.13. The molecule has 1 atom stereocenters. The number of allylic oxidation sites excluding steroid dienone is 2. The minimum absolute atomic E-state index is 0.205. The molecule has 0 radical (unpaired) electrons. The number of hydrogen-bond acceptors (Lipinski definition) is 1. The summed E-state index contributed by atoms with van der Waals surface area (Å²) in [6.45, 7) is 5.16. The van der Waals surface area contributed by atoms with Crippen molar-refractivity contribution in [2.75, 3.05) is 6.61 Å². The van der Waals surface area contributed by atoms with Gasteiger partial charge in [0.25, 0.3) is 0 Å². The van der Waals surface area contributed by atoms with Gasteiger partial charge in [-0.2, -0.15) is 0 Å². The maximum atomic E-state index is 14.4. The van der Waals surface area contributed by atoms with Gasteiger partial charge in [0.1, 0.15) is 0 Å². The van der Waals surface area contributed by atoms with Gasteiger partial charge in [0, 0.05) is 0 Å². The lowest BCUT2D eigenvalue weighted by Gasteiger charge is -2.29. The molecule has 32 heavy (non-hydrogen) atoms. The minimum atomic E-state index is -0.205. The average Bonchev–Trinajstić information content (AvgIpc) is 2.83. The number of rotatable bonds is 13. The fourth-order valence-corrected chi connectivity index (χ4v) is 5.66. The minimum Gasteiger partial charge on any atom is -0.491 e. The molecule has 1 unspecified atom stereocenters. The highest BCUT2D eigenvalue weighted by atomic mass is 19.1. The second-order valence-corrected chi connectivity index (χ2v) is 10.5. The Hall–Kier alpha value is -1.31. The third-order valence-corrected chi connectivity index (χ3v) is 8.13. The van der Waals surface area contributed by atoms with Gasteiger partial charge in [-0.25, -0.2) is 4.39 Å². The largest absolute Gasteiger partial charge is 0.491 e. The lowest BCUT2D eigenvalue weighted by atomic mass is 9.76. The molecular weight excluding hydrogens is 395 g/mol. The van der Waals surface area contributed by atoms with E-state index in [-0.39, 0.29) is 5.82 Å². The predicted octanol–water partition coefficient (Wildman–Crippen LogP) is 9.44. The summed E-state index contributed by atoms with van der Waals surface area (Å²) < 4.78 is 20.0.